The molecule has 0 radical (unpaired) electrons. The molecule has 2 aromatic heterocycles. The van der Waals surface area contributed by atoms with Crippen LogP contribution >= 0.6 is 23.1 Å². The number of anilines is 1. The molecule has 0 bridgehead atoms. The highest BCUT2D eigenvalue weighted by Gasteiger charge is 2.40. The van der Waals surface area contributed by atoms with Crippen molar-refractivity contribution in [1.82, 2.24) is 24.1 Å². The summed E-state index contributed by atoms with van der Waals surface area (Å²) < 4.78 is 104. The minimum Gasteiger partial charge on any atom is -0.470 e. The van der Waals surface area contributed by atoms with Gasteiger partial charge in [-0.25, -0.2) is 45.5 Å². The summed E-state index contributed by atoms with van der Waals surface area (Å²) in [7, 11) is -8.24. The van der Waals surface area contributed by atoms with Crippen molar-refractivity contribution in [3.63, 3.8) is 0 Å². The first-order valence-corrected chi connectivity index (χ1v) is 27.6. The van der Waals surface area contributed by atoms with Gasteiger partial charge in [0.15, 0.2) is 40.4 Å². The Morgan fingerprint density at radius 2 is 1.35 bits per heavy atom. The van der Waals surface area contributed by atoms with Gasteiger partial charge in [-0.05, 0) is 87.8 Å². The summed E-state index contributed by atoms with van der Waals surface area (Å²) in [6.07, 6.45) is -9.56. The Kier molecular flexibility index (Phi) is 21.7. The quantitative estimate of drug-likeness (QED) is 0.0940. The lowest BCUT2D eigenvalue weighted by Crippen LogP contribution is -2.45. The highest BCUT2D eigenvalue weighted by molar-refractivity contribution is 7.95. The number of rotatable bonds is 25. The first-order chi connectivity index (χ1) is 33.6. The summed E-state index contributed by atoms with van der Waals surface area (Å²) in [5.41, 5.74) is -0.0482. The number of carbonyl (C=O) groups excluding carboxylic acids is 7. The minimum atomic E-state index is -4.46. The van der Waals surface area contributed by atoms with Crippen molar-refractivity contribution >= 4 is 90.5 Å². The van der Waals surface area contributed by atoms with Gasteiger partial charge >= 0.3 is 35.8 Å². The molecule has 404 valence electrons. The van der Waals surface area contributed by atoms with E-state index in [-0.39, 0.29) is 45.8 Å². The molecule has 4 heterocycles. The van der Waals surface area contributed by atoms with E-state index in [0.717, 1.165) is 39.4 Å². The molecule has 0 spiro atoms. The highest BCUT2D eigenvalue weighted by atomic mass is 32.3. The molecule has 0 aromatic carbocycles. The molecule has 2 aromatic rings. The molecular formula is C43H64N6O19S4. The monoisotopic (exact) mass is 1100 g/mol. The van der Waals surface area contributed by atoms with E-state index >= 15 is 0 Å². The van der Waals surface area contributed by atoms with E-state index in [1.165, 1.54) is 13.0 Å². The van der Waals surface area contributed by atoms with Crippen molar-refractivity contribution in [1.29, 1.82) is 0 Å². The van der Waals surface area contributed by atoms with Crippen LogP contribution in [0.25, 0.3) is 0 Å². The Morgan fingerprint density at radius 1 is 0.819 bits per heavy atom. The summed E-state index contributed by atoms with van der Waals surface area (Å²) in [6, 6.07) is 0.841. The number of esters is 6. The Labute approximate surface area is 426 Å². The van der Waals surface area contributed by atoms with Gasteiger partial charge in [0.2, 0.25) is 11.7 Å². The second-order valence-corrected chi connectivity index (χ2v) is 23.9. The average Bonchev–Trinajstić information content (AvgIpc) is 3.98. The van der Waals surface area contributed by atoms with E-state index in [0.29, 0.717) is 55.6 Å². The molecule has 1 amide bonds. The van der Waals surface area contributed by atoms with Crippen LogP contribution in [0.4, 0.5) is 5.82 Å². The molecule has 2 aliphatic rings. The molecule has 0 saturated carbocycles. The van der Waals surface area contributed by atoms with Crippen molar-refractivity contribution in [2.24, 2.45) is 0 Å². The predicted octanol–water partition coefficient (Wildman–Crippen LogP) is 1.67. The van der Waals surface area contributed by atoms with Gasteiger partial charge in [0.25, 0.3) is 15.9 Å². The van der Waals surface area contributed by atoms with E-state index in [1.54, 1.807) is 6.92 Å². The van der Waals surface area contributed by atoms with E-state index in [2.05, 4.69) is 19.4 Å². The zero-order valence-corrected chi connectivity index (χ0v) is 45.0. The number of hydrogen-bond donors (Lipinski definition) is 3. The number of nitrogens with zero attached hydrogens (tertiary/aromatic N) is 3. The highest BCUT2D eigenvalue weighted by Crippen LogP contribution is 2.42. The third-order valence-corrected chi connectivity index (χ3v) is 16.9. The van der Waals surface area contributed by atoms with Gasteiger partial charge in [-0.1, -0.05) is 6.92 Å². The number of morpholine rings is 1. The van der Waals surface area contributed by atoms with Crippen molar-refractivity contribution in [3.05, 3.63) is 11.6 Å². The van der Waals surface area contributed by atoms with Gasteiger partial charge in [-0.2, -0.15) is 4.37 Å². The number of hydrogen-bond acceptors (Lipinski definition) is 26. The molecule has 8 atom stereocenters. The number of carbonyl (C=O) groups is 7. The van der Waals surface area contributed by atoms with Crippen LogP contribution < -0.4 is 25.0 Å². The van der Waals surface area contributed by atoms with Crippen LogP contribution in [-0.4, -0.2) is 161 Å². The zero-order chi connectivity index (χ0) is 53.7. The molecule has 1 saturated heterocycles. The molecule has 29 heteroatoms. The summed E-state index contributed by atoms with van der Waals surface area (Å²) in [5.74, 6) is -6.77. The number of fused-ring (bicyclic) bond motifs is 1. The molecule has 25 nitrogen and oxygen atoms in total. The van der Waals surface area contributed by atoms with Crippen molar-refractivity contribution in [3.8, 4) is 5.88 Å². The van der Waals surface area contributed by atoms with Gasteiger partial charge in [0, 0.05) is 49.6 Å². The molecular weight excluding hydrogens is 1030 g/mol. The van der Waals surface area contributed by atoms with E-state index < -0.39 is 122 Å². The van der Waals surface area contributed by atoms with Crippen molar-refractivity contribution in [2.75, 3.05) is 50.9 Å². The fraction of sp³-hybridized carbons (Fsp3) is 0.698. The van der Waals surface area contributed by atoms with Gasteiger partial charge in [0.05, 0.1) is 30.2 Å². The molecule has 3 N–H and O–H groups in total. The van der Waals surface area contributed by atoms with Crippen LogP contribution in [0.15, 0.2) is 14.5 Å². The summed E-state index contributed by atoms with van der Waals surface area (Å²) in [5, 5.41) is 5.64. The van der Waals surface area contributed by atoms with Crippen molar-refractivity contribution < 1.29 is 88.3 Å². The van der Waals surface area contributed by atoms with E-state index in [4.69, 9.17) is 37.9 Å². The first kappa shape index (κ1) is 59.5. The molecule has 6 unspecified atom stereocenters. The average molecular weight is 1100 g/mol. The van der Waals surface area contributed by atoms with Crippen LogP contribution in [0.5, 0.6) is 5.88 Å². The zero-order valence-electron chi connectivity index (χ0n) is 41.7. The third kappa shape index (κ3) is 17.3. The Morgan fingerprint density at radius 3 is 1.88 bits per heavy atom. The number of sulfone groups is 1. The standard InChI is InChI=1S/C43H64N6O19S4/c1-11-44-31-19-23(2)71(57,58)42-30(31)20-34(69-42)72(59,60)48-32(50)13-12-14-33(51)63-24(3)37(52)64-25(4)38(53)65-26(5)39(54)66-27(6)40(55)67-28(7)41(56)68-29(21-45-43(8,9)10)22-62-36-35(46-70-47-36)49-15-17-61-18-16-49/h20,23-29,31,44-45H,11-19,21-22H2,1-10H3,(H,48,50)/t23-,24?,25?,26?,27?,28?,29?,31-/m1/s1. The Balaban J connectivity index is 1.17. The number of amides is 1. The normalized spacial score (nSPS) is 19.2. The lowest BCUT2D eigenvalue weighted by molar-refractivity contribution is -0.187. The van der Waals surface area contributed by atoms with Crippen LogP contribution in [0.3, 0.4) is 0 Å². The fourth-order valence-corrected chi connectivity index (χ4v) is 12.1. The van der Waals surface area contributed by atoms with Gasteiger partial charge in [-0.15, -0.1) is 15.7 Å². The first-order valence-electron chi connectivity index (χ1n) is 23.0. The van der Waals surface area contributed by atoms with Gasteiger partial charge in [-0.3, -0.25) is 9.59 Å². The summed E-state index contributed by atoms with van der Waals surface area (Å²) in [4.78, 5) is 91.1. The lowest BCUT2D eigenvalue weighted by Gasteiger charge is -2.28. The third-order valence-electron chi connectivity index (χ3n) is 10.6. The van der Waals surface area contributed by atoms with Crippen LogP contribution in [0, 0.1) is 0 Å². The maximum Gasteiger partial charge on any atom is 0.347 e. The maximum atomic E-state index is 13.1. The molecule has 2 aliphatic heterocycles. The fourth-order valence-electron chi connectivity index (χ4n) is 6.61. The predicted molar refractivity (Wildman–Crippen MR) is 255 cm³/mol. The number of nitrogens with one attached hydrogen (secondary N) is 3. The second kappa shape index (κ2) is 26.2. The largest absolute Gasteiger partial charge is 0.470 e. The second-order valence-electron chi connectivity index (χ2n) is 17.8. The van der Waals surface area contributed by atoms with E-state index in [9.17, 15) is 50.4 Å². The SMILES string of the molecule is CCN[C@@H]1C[C@@H](C)S(=O)(=O)c2sc(S(=O)(=O)NC(=O)CCCC(=O)OC(C)C(=O)OC(C)C(=O)OC(C)C(=O)OC(C)C(=O)OC(C)C(=O)OC(CNC(C)(C)C)COc3nsnc3N3CCOCC3)cc21. The van der Waals surface area contributed by atoms with Gasteiger partial charge < -0.3 is 53.4 Å². The van der Waals surface area contributed by atoms with Crippen LogP contribution in [0.1, 0.15) is 107 Å². The molecule has 72 heavy (non-hydrogen) atoms. The lowest BCUT2D eigenvalue weighted by atomic mass is 10.1. The smallest absolute Gasteiger partial charge is 0.347 e. The Bertz CT molecular complexity index is 2470. The van der Waals surface area contributed by atoms with E-state index in [1.807, 2.05) is 37.3 Å². The van der Waals surface area contributed by atoms with Gasteiger partial charge in [0.1, 0.15) is 21.1 Å². The summed E-state index contributed by atoms with van der Waals surface area (Å²) in [6.45, 7) is 17.7. The number of aromatic nitrogens is 2. The number of ether oxygens (including phenoxy) is 8. The topological polar surface area (TPSA) is 327 Å². The Hall–Kier alpha value is -5.07. The minimum absolute atomic E-state index is 0.0835. The summed E-state index contributed by atoms with van der Waals surface area (Å²) >= 11 is 1.52. The molecule has 0 aliphatic carbocycles. The van der Waals surface area contributed by atoms with Crippen molar-refractivity contribution in [2.45, 2.75) is 157 Å². The number of thiophene rings is 1. The maximum absolute atomic E-state index is 13.1. The van der Waals surface area contributed by atoms with Crippen LogP contribution in [-0.2, 0) is 86.6 Å². The molecule has 4 rings (SSSR count). The number of sulfonamides is 1. The van der Waals surface area contributed by atoms with Crippen LogP contribution in [0.2, 0.25) is 0 Å². The molecule has 1 fully saturated rings.